The number of rotatable bonds is 0. The van der Waals surface area contributed by atoms with Crippen LogP contribution in [0.4, 0.5) is 0 Å². The van der Waals surface area contributed by atoms with Gasteiger partial charge in [0.15, 0.2) is 0 Å². The Morgan fingerprint density at radius 3 is 2.14 bits per heavy atom. The predicted molar refractivity (Wildman–Crippen MR) is 177 cm³/mol. The maximum atomic E-state index is 6.52. The molecule has 42 heavy (non-hydrogen) atoms. The van der Waals surface area contributed by atoms with Gasteiger partial charge in [-0.05, 0) is 56.9 Å². The summed E-state index contributed by atoms with van der Waals surface area (Å²) in [5.74, 6) is 0. The molecule has 2 aliphatic rings. The largest absolute Gasteiger partial charge is 0.456 e. The summed E-state index contributed by atoms with van der Waals surface area (Å²) in [7, 11) is -2.18. The fourth-order valence-corrected chi connectivity index (χ4v) is 12.2. The van der Waals surface area contributed by atoms with E-state index in [1.54, 1.807) is 0 Å². The maximum Gasteiger partial charge on any atom is 0.135 e. The third-order valence-corrected chi connectivity index (χ3v) is 13.8. The Kier molecular flexibility index (Phi) is 4.07. The van der Waals surface area contributed by atoms with Gasteiger partial charge in [-0.1, -0.05) is 116 Å². The molecule has 0 saturated heterocycles. The Bertz CT molecular complexity index is 2460. The molecule has 2 aromatic heterocycles. The van der Waals surface area contributed by atoms with Gasteiger partial charge in [0.1, 0.15) is 19.2 Å². The van der Waals surface area contributed by atoms with E-state index in [2.05, 4.69) is 145 Å². The molecule has 4 heterocycles. The first-order chi connectivity index (χ1) is 20.6. The topological polar surface area (TPSA) is 18.1 Å². The van der Waals surface area contributed by atoms with Gasteiger partial charge in [0.25, 0.3) is 0 Å². The third kappa shape index (κ3) is 2.42. The minimum absolute atomic E-state index is 0.457. The third-order valence-electron chi connectivity index (χ3n) is 10.2. The molecule has 2 nitrogen and oxygen atoms in total. The van der Waals surface area contributed by atoms with Gasteiger partial charge in [0.05, 0.1) is 22.1 Å². The molecule has 1 unspecified atom stereocenters. The summed E-state index contributed by atoms with van der Waals surface area (Å²) in [6.45, 7) is 5.07. The van der Waals surface area contributed by atoms with Crippen molar-refractivity contribution in [1.29, 1.82) is 0 Å². The number of hydrogen-bond donors (Lipinski definition) is 0. The molecule has 0 aliphatic carbocycles. The summed E-state index contributed by atoms with van der Waals surface area (Å²) in [4.78, 5) is 0. The van der Waals surface area contributed by atoms with Gasteiger partial charge in [0, 0.05) is 21.5 Å². The lowest BCUT2D eigenvalue weighted by atomic mass is 9.62. The Labute approximate surface area is 244 Å². The minimum atomic E-state index is -2.18. The van der Waals surface area contributed by atoms with Crippen LogP contribution in [0.1, 0.15) is 22.3 Å². The molecule has 0 bridgehead atoms. The van der Waals surface area contributed by atoms with Gasteiger partial charge in [-0.25, -0.2) is 0 Å². The number of benzene rings is 6. The molecule has 6 aromatic carbocycles. The number of hydrogen-bond acceptors (Lipinski definition) is 1. The quantitative estimate of drug-likeness (QED) is 0.172. The lowest BCUT2D eigenvalue weighted by Crippen LogP contribution is -2.64. The van der Waals surface area contributed by atoms with Crippen LogP contribution in [-0.4, -0.2) is 12.6 Å². The molecular formula is C39H27NOSi. The van der Waals surface area contributed by atoms with Crippen LogP contribution in [0.2, 0.25) is 13.1 Å². The second-order valence-electron chi connectivity index (χ2n) is 12.5. The fourth-order valence-electron chi connectivity index (χ4n) is 8.70. The van der Waals surface area contributed by atoms with Crippen molar-refractivity contribution in [2.75, 3.05) is 0 Å². The van der Waals surface area contributed by atoms with E-state index in [1.807, 2.05) is 0 Å². The summed E-state index contributed by atoms with van der Waals surface area (Å²) >= 11 is 0. The van der Waals surface area contributed by atoms with Crippen molar-refractivity contribution in [2.45, 2.75) is 18.5 Å². The van der Waals surface area contributed by atoms with Gasteiger partial charge in [-0.3, -0.25) is 0 Å². The average molecular weight is 554 g/mol. The van der Waals surface area contributed by atoms with E-state index in [1.165, 1.54) is 70.9 Å². The van der Waals surface area contributed by atoms with Crippen molar-refractivity contribution in [2.24, 2.45) is 0 Å². The molecule has 0 radical (unpaired) electrons. The molecular weight excluding hydrogens is 527 g/mol. The van der Waals surface area contributed by atoms with Crippen LogP contribution in [0.15, 0.2) is 132 Å². The molecule has 8 aromatic rings. The highest BCUT2D eigenvalue weighted by atomic mass is 28.3. The van der Waals surface area contributed by atoms with Crippen molar-refractivity contribution in [1.82, 2.24) is 4.57 Å². The van der Waals surface area contributed by atoms with Crippen LogP contribution in [0.25, 0.3) is 49.4 Å². The highest BCUT2D eigenvalue weighted by Crippen LogP contribution is 2.55. The lowest BCUT2D eigenvalue weighted by Gasteiger charge is -2.49. The predicted octanol–water partition coefficient (Wildman–Crippen LogP) is 8.52. The minimum Gasteiger partial charge on any atom is -0.456 e. The summed E-state index contributed by atoms with van der Waals surface area (Å²) in [5.41, 5.74) is 10.9. The van der Waals surface area contributed by atoms with Crippen LogP contribution < -0.4 is 10.4 Å². The first-order valence-electron chi connectivity index (χ1n) is 14.8. The highest BCUT2D eigenvalue weighted by Gasteiger charge is 2.53. The summed E-state index contributed by atoms with van der Waals surface area (Å²) in [6.07, 6.45) is 0. The van der Waals surface area contributed by atoms with Crippen LogP contribution in [0.3, 0.4) is 0 Å². The standard InChI is InChI=1S/C39H27NOSi/c1-42(2)35-21-10-6-16-28(35)39(30-22-23-34-36(38(30)42)26-13-4-9-20-33(26)41-34)27-15-5-8-19-32(27)40-31-18-7-3-12-24(31)25-14-11-17-29(39)37(25)40/h3-23H,1-2H3. The first-order valence-corrected chi connectivity index (χ1v) is 17.8. The second kappa shape index (κ2) is 7.50. The molecule has 0 fully saturated rings. The molecule has 0 saturated carbocycles. The van der Waals surface area contributed by atoms with E-state index in [0.29, 0.717) is 0 Å². The van der Waals surface area contributed by atoms with Crippen molar-refractivity contribution < 1.29 is 4.42 Å². The Hall–Kier alpha value is -4.86. The summed E-state index contributed by atoms with van der Waals surface area (Å²) in [5, 5.41) is 8.14. The lowest BCUT2D eigenvalue weighted by molar-refractivity contribution is 0.668. The zero-order valence-electron chi connectivity index (χ0n) is 23.5. The first kappa shape index (κ1) is 22.8. The van der Waals surface area contributed by atoms with Crippen LogP contribution in [0.5, 0.6) is 0 Å². The number of furan rings is 1. The zero-order valence-corrected chi connectivity index (χ0v) is 24.5. The molecule has 198 valence electrons. The van der Waals surface area contributed by atoms with Crippen molar-refractivity contribution >= 4 is 62.2 Å². The van der Waals surface area contributed by atoms with Crippen molar-refractivity contribution in [3.63, 3.8) is 0 Å². The van der Waals surface area contributed by atoms with Gasteiger partial charge in [0.2, 0.25) is 0 Å². The van der Waals surface area contributed by atoms with Gasteiger partial charge in [-0.15, -0.1) is 0 Å². The number of para-hydroxylation sites is 4. The Balaban J connectivity index is 1.51. The highest BCUT2D eigenvalue weighted by molar-refractivity contribution is 7.03. The SMILES string of the molecule is C[Si]1(C)c2ccccc2C2(c3ccccc3-n3c4ccccc4c4cccc2c43)c2ccc3oc4ccccc4c3c21. The second-order valence-corrected chi connectivity index (χ2v) is 16.7. The Morgan fingerprint density at radius 2 is 1.24 bits per heavy atom. The van der Waals surface area contributed by atoms with Gasteiger partial charge in [-0.2, -0.15) is 0 Å². The smallest absolute Gasteiger partial charge is 0.135 e. The Morgan fingerprint density at radius 1 is 0.548 bits per heavy atom. The number of aromatic nitrogens is 1. The van der Waals surface area contributed by atoms with Crippen LogP contribution in [0, 0.1) is 0 Å². The molecule has 10 rings (SSSR count). The number of nitrogens with zero attached hydrogens (tertiary/aromatic N) is 1. The van der Waals surface area contributed by atoms with Crippen molar-refractivity contribution in [3.8, 4) is 5.69 Å². The van der Waals surface area contributed by atoms with E-state index in [9.17, 15) is 0 Å². The summed E-state index contributed by atoms with van der Waals surface area (Å²) in [6, 6.07) is 47.5. The molecule has 2 aliphatic heterocycles. The van der Waals surface area contributed by atoms with Crippen LogP contribution in [-0.2, 0) is 5.41 Å². The molecule has 3 heteroatoms. The molecule has 1 atom stereocenters. The summed E-state index contributed by atoms with van der Waals surface area (Å²) < 4.78 is 9.04. The van der Waals surface area contributed by atoms with Gasteiger partial charge < -0.3 is 8.98 Å². The zero-order chi connectivity index (χ0) is 27.8. The molecule has 0 N–H and O–H groups in total. The van der Waals surface area contributed by atoms with E-state index in [4.69, 9.17) is 4.42 Å². The van der Waals surface area contributed by atoms with E-state index >= 15 is 0 Å². The molecule has 0 amide bonds. The van der Waals surface area contributed by atoms with Gasteiger partial charge >= 0.3 is 0 Å². The van der Waals surface area contributed by atoms with Crippen LogP contribution >= 0.6 is 0 Å². The normalized spacial score (nSPS) is 18.0. The maximum absolute atomic E-state index is 6.52. The number of fused-ring (bicyclic) bond motifs is 15. The monoisotopic (exact) mass is 553 g/mol. The molecule has 1 spiro atoms. The van der Waals surface area contributed by atoms with E-state index < -0.39 is 13.5 Å². The van der Waals surface area contributed by atoms with E-state index in [-0.39, 0.29) is 0 Å². The van der Waals surface area contributed by atoms with E-state index in [0.717, 1.165) is 11.2 Å². The fraction of sp³-hybridized carbons (Fsp3) is 0.0769. The average Bonchev–Trinajstić information content (AvgIpc) is 3.58. The van der Waals surface area contributed by atoms with Crippen molar-refractivity contribution in [3.05, 3.63) is 150 Å².